The fourth-order valence-corrected chi connectivity index (χ4v) is 3.95. The first kappa shape index (κ1) is 20.7. The van der Waals surface area contributed by atoms with Crippen molar-refractivity contribution in [3.63, 3.8) is 0 Å². The lowest BCUT2D eigenvalue weighted by atomic mass is 9.92. The highest BCUT2D eigenvalue weighted by molar-refractivity contribution is 5.85. The molecule has 0 radical (unpaired) electrons. The number of carbonyl (C=O) groups excluding carboxylic acids is 1. The third kappa shape index (κ3) is 6.24. The predicted molar refractivity (Wildman–Crippen MR) is 98.9 cm³/mol. The third-order valence-electron chi connectivity index (χ3n) is 5.61. The first-order valence-corrected chi connectivity index (χ1v) is 9.40. The van der Waals surface area contributed by atoms with Crippen LogP contribution in [0.3, 0.4) is 0 Å². The van der Waals surface area contributed by atoms with Gasteiger partial charge in [0.15, 0.2) is 0 Å². The molecule has 2 heterocycles. The fraction of sp³-hybridized carbons (Fsp3) is 0.944. The third-order valence-corrected chi connectivity index (χ3v) is 5.61. The second-order valence-corrected chi connectivity index (χ2v) is 7.33. The van der Waals surface area contributed by atoms with Crippen LogP contribution < -0.4 is 5.73 Å². The van der Waals surface area contributed by atoms with Crippen molar-refractivity contribution in [1.82, 2.24) is 9.80 Å². The van der Waals surface area contributed by atoms with Gasteiger partial charge in [-0.05, 0) is 64.5 Å². The largest absolute Gasteiger partial charge is 0.341 e. The molecule has 23 heavy (non-hydrogen) atoms. The van der Waals surface area contributed by atoms with Gasteiger partial charge in [0.05, 0.1) is 6.04 Å². The Morgan fingerprint density at radius 1 is 1.17 bits per heavy atom. The Hall–Kier alpha value is -0.320. The zero-order valence-corrected chi connectivity index (χ0v) is 15.8. The Kier molecular flexibility index (Phi) is 9.48. The Morgan fingerprint density at radius 3 is 2.48 bits per heavy atom. The van der Waals surface area contributed by atoms with E-state index < -0.39 is 0 Å². The van der Waals surface area contributed by atoms with Crippen LogP contribution in [0.2, 0.25) is 0 Å². The molecular formula is C18H36ClN3O. The molecule has 0 aromatic heterocycles. The smallest absolute Gasteiger partial charge is 0.239 e. The zero-order chi connectivity index (χ0) is 15.9. The molecule has 1 amide bonds. The van der Waals surface area contributed by atoms with Crippen LogP contribution in [0.25, 0.3) is 0 Å². The van der Waals surface area contributed by atoms with Gasteiger partial charge in [-0.3, -0.25) is 4.79 Å². The summed E-state index contributed by atoms with van der Waals surface area (Å²) in [7, 11) is 0. The van der Waals surface area contributed by atoms with Crippen LogP contribution in [-0.4, -0.2) is 54.0 Å². The van der Waals surface area contributed by atoms with E-state index in [2.05, 4.69) is 18.7 Å². The van der Waals surface area contributed by atoms with Gasteiger partial charge >= 0.3 is 0 Å². The van der Waals surface area contributed by atoms with Gasteiger partial charge < -0.3 is 15.5 Å². The van der Waals surface area contributed by atoms with Crippen LogP contribution in [0, 0.1) is 5.92 Å². The molecule has 2 fully saturated rings. The number of nitrogens with zero attached hydrogens (tertiary/aromatic N) is 2. The number of hydrogen-bond acceptors (Lipinski definition) is 3. The van der Waals surface area contributed by atoms with Crippen LogP contribution in [0.1, 0.15) is 65.2 Å². The number of nitrogens with two attached hydrogens (primary N) is 1. The molecule has 0 aromatic rings. The van der Waals surface area contributed by atoms with Gasteiger partial charge in [0.1, 0.15) is 0 Å². The topological polar surface area (TPSA) is 49.6 Å². The molecule has 2 unspecified atom stereocenters. The summed E-state index contributed by atoms with van der Waals surface area (Å²) in [6.45, 7) is 8.81. The Labute approximate surface area is 148 Å². The number of halogens is 1. The van der Waals surface area contributed by atoms with E-state index in [0.29, 0.717) is 0 Å². The molecule has 0 bridgehead atoms. The van der Waals surface area contributed by atoms with E-state index in [1.807, 2.05) is 4.90 Å². The second-order valence-electron chi connectivity index (χ2n) is 7.33. The van der Waals surface area contributed by atoms with Gasteiger partial charge in [0, 0.05) is 19.1 Å². The first-order valence-electron chi connectivity index (χ1n) is 9.40. The molecule has 2 aliphatic rings. The highest BCUT2D eigenvalue weighted by Gasteiger charge is 2.26. The Balaban J connectivity index is 0.00000264. The monoisotopic (exact) mass is 345 g/mol. The molecule has 2 saturated heterocycles. The van der Waals surface area contributed by atoms with Crippen molar-refractivity contribution in [3.05, 3.63) is 0 Å². The molecule has 5 heteroatoms. The Morgan fingerprint density at radius 2 is 1.87 bits per heavy atom. The molecule has 2 atom stereocenters. The van der Waals surface area contributed by atoms with Crippen LogP contribution in [0.4, 0.5) is 0 Å². The first-order chi connectivity index (χ1) is 10.6. The fourth-order valence-electron chi connectivity index (χ4n) is 3.95. The van der Waals surface area contributed by atoms with Gasteiger partial charge in [-0.1, -0.05) is 19.8 Å². The second kappa shape index (κ2) is 10.5. The van der Waals surface area contributed by atoms with Gasteiger partial charge in [0.2, 0.25) is 5.91 Å². The highest BCUT2D eigenvalue weighted by atomic mass is 35.5. The van der Waals surface area contributed by atoms with Crippen LogP contribution >= 0.6 is 12.4 Å². The molecule has 0 aromatic carbocycles. The van der Waals surface area contributed by atoms with E-state index in [-0.39, 0.29) is 24.4 Å². The normalized spacial score (nSPS) is 25.0. The maximum absolute atomic E-state index is 12.2. The minimum absolute atomic E-state index is 0. The molecule has 2 N–H and O–H groups in total. The number of amides is 1. The number of likely N-dealkylation sites (tertiary alicyclic amines) is 2. The molecule has 136 valence electrons. The van der Waals surface area contributed by atoms with E-state index in [9.17, 15) is 4.79 Å². The summed E-state index contributed by atoms with van der Waals surface area (Å²) in [4.78, 5) is 16.9. The van der Waals surface area contributed by atoms with Crippen molar-refractivity contribution >= 4 is 18.3 Å². The maximum atomic E-state index is 12.2. The van der Waals surface area contributed by atoms with Crippen molar-refractivity contribution in [2.24, 2.45) is 11.7 Å². The summed E-state index contributed by atoms with van der Waals surface area (Å²) in [5, 5.41) is 0. The zero-order valence-electron chi connectivity index (χ0n) is 15.0. The molecule has 0 aliphatic carbocycles. The molecule has 0 spiro atoms. The van der Waals surface area contributed by atoms with Crippen LogP contribution in [0.5, 0.6) is 0 Å². The minimum Gasteiger partial charge on any atom is -0.341 e. The number of hydrogen-bond donors (Lipinski definition) is 1. The summed E-state index contributed by atoms with van der Waals surface area (Å²) >= 11 is 0. The lowest BCUT2D eigenvalue weighted by Gasteiger charge is -2.37. The molecule has 4 nitrogen and oxygen atoms in total. The highest BCUT2D eigenvalue weighted by Crippen LogP contribution is 2.24. The van der Waals surface area contributed by atoms with E-state index in [4.69, 9.17) is 5.73 Å². The standard InChI is InChI=1S/C18H35N3O.ClH/c1-3-6-17(19)18(22)21-13-9-16(10-14-21)8-12-20-11-5-4-7-15(20)2;/h15-17H,3-14,19H2,1-2H3;1H. The maximum Gasteiger partial charge on any atom is 0.239 e. The summed E-state index contributed by atoms with van der Waals surface area (Å²) in [6, 6.07) is 0.484. The van der Waals surface area contributed by atoms with E-state index >= 15 is 0 Å². The molecule has 2 aliphatic heterocycles. The SMILES string of the molecule is CCCC(N)C(=O)N1CCC(CCN2CCCCC2C)CC1.Cl. The predicted octanol–water partition coefficient (Wildman–Crippen LogP) is 3.04. The molecule has 0 saturated carbocycles. The van der Waals surface area contributed by atoms with E-state index in [0.717, 1.165) is 50.7 Å². The molecule has 2 rings (SSSR count). The van der Waals surface area contributed by atoms with Gasteiger partial charge in [-0.25, -0.2) is 0 Å². The van der Waals surface area contributed by atoms with Crippen molar-refractivity contribution in [2.75, 3.05) is 26.2 Å². The van der Waals surface area contributed by atoms with Crippen molar-refractivity contribution < 1.29 is 4.79 Å². The molecular weight excluding hydrogens is 310 g/mol. The number of piperidine rings is 2. The van der Waals surface area contributed by atoms with Crippen molar-refractivity contribution in [1.29, 1.82) is 0 Å². The van der Waals surface area contributed by atoms with E-state index in [1.54, 1.807) is 0 Å². The van der Waals surface area contributed by atoms with E-state index in [1.165, 1.54) is 38.8 Å². The van der Waals surface area contributed by atoms with Crippen LogP contribution in [-0.2, 0) is 4.79 Å². The average Bonchev–Trinajstić information content (AvgIpc) is 2.54. The lowest BCUT2D eigenvalue weighted by molar-refractivity contribution is -0.134. The lowest BCUT2D eigenvalue weighted by Crippen LogP contribution is -2.47. The number of rotatable bonds is 6. The van der Waals surface area contributed by atoms with Gasteiger partial charge in [-0.2, -0.15) is 0 Å². The average molecular weight is 346 g/mol. The van der Waals surface area contributed by atoms with Crippen molar-refractivity contribution in [2.45, 2.75) is 77.3 Å². The van der Waals surface area contributed by atoms with Gasteiger partial charge in [-0.15, -0.1) is 12.4 Å². The quantitative estimate of drug-likeness (QED) is 0.805. The Bertz CT molecular complexity index is 345. The number of carbonyl (C=O) groups is 1. The summed E-state index contributed by atoms with van der Waals surface area (Å²) in [6.07, 6.45) is 9.54. The minimum atomic E-state index is -0.282. The van der Waals surface area contributed by atoms with Gasteiger partial charge in [0.25, 0.3) is 0 Å². The van der Waals surface area contributed by atoms with Crippen LogP contribution in [0.15, 0.2) is 0 Å². The summed E-state index contributed by atoms with van der Waals surface area (Å²) in [5.41, 5.74) is 5.97. The summed E-state index contributed by atoms with van der Waals surface area (Å²) in [5.74, 6) is 0.963. The van der Waals surface area contributed by atoms with Crippen molar-refractivity contribution in [3.8, 4) is 0 Å². The summed E-state index contributed by atoms with van der Waals surface area (Å²) < 4.78 is 0.